The first-order valence-corrected chi connectivity index (χ1v) is 12.2. The smallest absolute Gasteiger partial charge is 0.387 e. The fourth-order valence-corrected chi connectivity index (χ4v) is 7.02. The first-order chi connectivity index (χ1) is 13.1. The van der Waals surface area contributed by atoms with Gasteiger partial charge in [0.25, 0.3) is 0 Å². The number of ether oxygens (including phenoxy) is 1. The van der Waals surface area contributed by atoms with Crippen molar-refractivity contribution in [2.75, 3.05) is 0 Å². The van der Waals surface area contributed by atoms with Crippen molar-refractivity contribution in [3.05, 3.63) is 65.9 Å². The minimum absolute atomic E-state index is 0.192. The average molecular weight is 387 g/mol. The van der Waals surface area contributed by atoms with Crippen LogP contribution in [0.2, 0.25) is 12.1 Å². The van der Waals surface area contributed by atoms with Crippen molar-refractivity contribution in [3.63, 3.8) is 0 Å². The molecule has 1 aliphatic rings. The molecule has 0 radical (unpaired) electrons. The van der Waals surface area contributed by atoms with Gasteiger partial charge in [-0.25, -0.2) is 0 Å². The normalized spacial score (nSPS) is 20.3. The van der Waals surface area contributed by atoms with Gasteiger partial charge in [-0.05, 0) is 54.5 Å². The SMILES string of the molecule is CC=C[SiH]1CCC(CCc2ccc(-c3ccc(OC(F)F)cc3)cc2)CC1. The van der Waals surface area contributed by atoms with Crippen LogP contribution < -0.4 is 4.74 Å². The lowest BCUT2D eigenvalue weighted by molar-refractivity contribution is -0.0498. The Morgan fingerprint density at radius 1 is 1.00 bits per heavy atom. The summed E-state index contributed by atoms with van der Waals surface area (Å²) in [6.45, 7) is -0.635. The van der Waals surface area contributed by atoms with Gasteiger partial charge < -0.3 is 4.74 Å². The summed E-state index contributed by atoms with van der Waals surface area (Å²) in [6, 6.07) is 18.4. The van der Waals surface area contributed by atoms with E-state index in [1.54, 1.807) is 12.1 Å². The number of allylic oxidation sites excluding steroid dienone is 1. The summed E-state index contributed by atoms with van der Waals surface area (Å²) < 4.78 is 28.9. The van der Waals surface area contributed by atoms with E-state index in [0.29, 0.717) is 0 Å². The van der Waals surface area contributed by atoms with Crippen LogP contribution in [0.4, 0.5) is 8.78 Å². The lowest BCUT2D eigenvalue weighted by Gasteiger charge is -2.25. The van der Waals surface area contributed by atoms with Crippen LogP contribution in [0, 0.1) is 5.92 Å². The second kappa shape index (κ2) is 9.84. The maximum absolute atomic E-state index is 12.2. The van der Waals surface area contributed by atoms with Crippen LogP contribution in [0.15, 0.2) is 60.3 Å². The highest BCUT2D eigenvalue weighted by molar-refractivity contribution is 6.64. The van der Waals surface area contributed by atoms with Gasteiger partial charge in [0.15, 0.2) is 0 Å². The van der Waals surface area contributed by atoms with E-state index >= 15 is 0 Å². The van der Waals surface area contributed by atoms with E-state index in [1.807, 2.05) is 12.1 Å². The fraction of sp³-hybridized carbons (Fsp3) is 0.391. The number of benzene rings is 2. The maximum atomic E-state index is 12.2. The molecule has 0 aliphatic carbocycles. The van der Waals surface area contributed by atoms with E-state index in [2.05, 4.69) is 47.7 Å². The second-order valence-corrected chi connectivity index (χ2v) is 10.5. The van der Waals surface area contributed by atoms with Gasteiger partial charge in [0.2, 0.25) is 0 Å². The standard InChI is InChI=1S/C23H28F2OSi/c1-2-15-27-16-13-19(14-17-27)4-3-18-5-7-20(8-6-18)21-9-11-22(12-10-21)26-23(24)25/h2,5-12,15,19,23,27H,3-4,13-14,16-17H2,1H3. The number of alkyl halides is 2. The van der Waals surface area contributed by atoms with Crippen molar-refractivity contribution in [3.8, 4) is 16.9 Å². The molecule has 1 heterocycles. The quantitative estimate of drug-likeness (QED) is 0.485. The van der Waals surface area contributed by atoms with Gasteiger partial charge in [0, 0.05) is 0 Å². The summed E-state index contributed by atoms with van der Waals surface area (Å²) >= 11 is 0. The number of halogens is 2. The van der Waals surface area contributed by atoms with Crippen molar-refractivity contribution >= 4 is 8.80 Å². The van der Waals surface area contributed by atoms with E-state index in [4.69, 9.17) is 0 Å². The number of rotatable bonds is 7. The molecule has 1 aliphatic heterocycles. The molecule has 0 atom stereocenters. The van der Waals surface area contributed by atoms with Crippen LogP contribution >= 0.6 is 0 Å². The van der Waals surface area contributed by atoms with Crippen molar-refractivity contribution in [2.24, 2.45) is 5.92 Å². The molecule has 0 saturated carbocycles. The minimum atomic E-state index is -2.78. The Hall–Kier alpha value is -1.94. The summed E-state index contributed by atoms with van der Waals surface area (Å²) in [5.74, 6) is 1.08. The molecule has 0 amide bonds. The molecular weight excluding hydrogens is 358 g/mol. The highest BCUT2D eigenvalue weighted by Gasteiger charge is 2.20. The molecule has 0 unspecified atom stereocenters. The Kier molecular flexibility index (Phi) is 7.22. The third kappa shape index (κ3) is 6.03. The van der Waals surface area contributed by atoms with Gasteiger partial charge in [-0.3, -0.25) is 0 Å². The topological polar surface area (TPSA) is 9.23 Å². The third-order valence-corrected chi connectivity index (χ3v) is 8.64. The molecule has 1 fully saturated rings. The molecule has 1 saturated heterocycles. The van der Waals surface area contributed by atoms with Crippen LogP contribution in [-0.2, 0) is 6.42 Å². The van der Waals surface area contributed by atoms with Crippen LogP contribution in [0.5, 0.6) is 5.75 Å². The predicted molar refractivity (Wildman–Crippen MR) is 111 cm³/mol. The molecule has 2 aromatic rings. The molecular formula is C23H28F2OSi. The molecule has 0 bridgehead atoms. The molecule has 4 heteroatoms. The number of aryl methyl sites for hydroxylation is 1. The molecule has 0 N–H and O–H groups in total. The summed E-state index contributed by atoms with van der Waals surface area (Å²) in [5, 5.41) is 0. The van der Waals surface area contributed by atoms with Crippen molar-refractivity contribution in [2.45, 2.75) is 51.3 Å². The average Bonchev–Trinajstić information content (AvgIpc) is 2.68. The van der Waals surface area contributed by atoms with Crippen molar-refractivity contribution < 1.29 is 13.5 Å². The zero-order valence-corrected chi connectivity index (χ0v) is 17.1. The van der Waals surface area contributed by atoms with Gasteiger partial charge in [0.05, 0.1) is 8.80 Å². The Bertz CT molecular complexity index is 717. The van der Waals surface area contributed by atoms with Gasteiger partial charge in [-0.1, -0.05) is 67.4 Å². The summed E-state index contributed by atoms with van der Waals surface area (Å²) in [6.07, 6.45) is 7.49. The Morgan fingerprint density at radius 3 is 2.15 bits per heavy atom. The highest BCUT2D eigenvalue weighted by atomic mass is 28.3. The van der Waals surface area contributed by atoms with Crippen LogP contribution in [-0.4, -0.2) is 15.4 Å². The summed E-state index contributed by atoms with van der Waals surface area (Å²) in [4.78, 5) is 0. The third-order valence-electron chi connectivity index (χ3n) is 5.56. The molecule has 0 spiro atoms. The summed E-state index contributed by atoms with van der Waals surface area (Å²) in [5.41, 5.74) is 5.99. The van der Waals surface area contributed by atoms with E-state index in [1.165, 1.54) is 36.9 Å². The molecule has 144 valence electrons. The maximum Gasteiger partial charge on any atom is 0.387 e. The first-order valence-electron chi connectivity index (χ1n) is 9.91. The molecule has 3 rings (SSSR count). The zero-order valence-electron chi connectivity index (χ0n) is 15.9. The Balaban J connectivity index is 1.50. The van der Waals surface area contributed by atoms with E-state index in [-0.39, 0.29) is 5.75 Å². The molecule has 2 aromatic carbocycles. The van der Waals surface area contributed by atoms with Gasteiger partial charge >= 0.3 is 6.61 Å². The van der Waals surface area contributed by atoms with Gasteiger partial charge in [0.1, 0.15) is 5.75 Å². The summed E-state index contributed by atoms with van der Waals surface area (Å²) in [7, 11) is -0.548. The van der Waals surface area contributed by atoms with Gasteiger partial charge in [-0.15, -0.1) is 5.70 Å². The molecule has 1 nitrogen and oxygen atoms in total. The van der Waals surface area contributed by atoms with Crippen LogP contribution in [0.25, 0.3) is 11.1 Å². The number of hydrogen-bond donors (Lipinski definition) is 0. The fourth-order valence-electron chi connectivity index (χ4n) is 4.00. The second-order valence-electron chi connectivity index (χ2n) is 7.45. The Labute approximate surface area is 162 Å². The lowest BCUT2D eigenvalue weighted by atomic mass is 9.93. The zero-order chi connectivity index (χ0) is 19.1. The Morgan fingerprint density at radius 2 is 1.59 bits per heavy atom. The van der Waals surface area contributed by atoms with Crippen molar-refractivity contribution in [1.82, 2.24) is 0 Å². The lowest BCUT2D eigenvalue weighted by Crippen LogP contribution is -2.19. The van der Waals surface area contributed by atoms with Crippen LogP contribution in [0.3, 0.4) is 0 Å². The van der Waals surface area contributed by atoms with E-state index in [9.17, 15) is 8.78 Å². The van der Waals surface area contributed by atoms with Crippen LogP contribution in [0.1, 0.15) is 31.7 Å². The van der Waals surface area contributed by atoms with Gasteiger partial charge in [-0.2, -0.15) is 8.78 Å². The largest absolute Gasteiger partial charge is 0.435 e. The molecule has 0 aromatic heterocycles. The number of hydrogen-bond acceptors (Lipinski definition) is 1. The minimum Gasteiger partial charge on any atom is -0.435 e. The first kappa shape index (κ1) is 19.8. The van der Waals surface area contributed by atoms with E-state index in [0.717, 1.165) is 23.5 Å². The van der Waals surface area contributed by atoms with Crippen molar-refractivity contribution in [1.29, 1.82) is 0 Å². The van der Waals surface area contributed by atoms with E-state index < -0.39 is 15.4 Å². The monoisotopic (exact) mass is 386 g/mol. The highest BCUT2D eigenvalue weighted by Crippen LogP contribution is 2.30. The predicted octanol–water partition coefficient (Wildman–Crippen LogP) is 6.64. The molecule has 27 heavy (non-hydrogen) atoms.